The van der Waals surface area contributed by atoms with Gasteiger partial charge in [-0.2, -0.15) is 0 Å². The van der Waals surface area contributed by atoms with Gasteiger partial charge in [0.05, 0.1) is 0 Å². The van der Waals surface area contributed by atoms with Crippen LogP contribution in [-0.4, -0.2) is 51.5 Å². The zero-order valence-electron chi connectivity index (χ0n) is 15.5. The van der Waals surface area contributed by atoms with Crippen LogP contribution in [0.1, 0.15) is 45.9 Å². The first-order chi connectivity index (χ1) is 11.5. The summed E-state index contributed by atoms with van der Waals surface area (Å²) in [6.45, 7) is 10.5. The number of piperidine rings is 1. The molecule has 1 aromatic rings. The number of aliphatic imine (C=N–C) groups is 1. The lowest BCUT2D eigenvalue weighted by atomic mass is 10.00. The van der Waals surface area contributed by atoms with E-state index in [2.05, 4.69) is 51.7 Å². The second-order valence-corrected chi connectivity index (χ2v) is 7.89. The van der Waals surface area contributed by atoms with Crippen LogP contribution in [0.3, 0.4) is 0 Å². The molecule has 2 rings (SSSR count). The van der Waals surface area contributed by atoms with E-state index in [-0.39, 0.29) is 0 Å². The molecule has 0 bridgehead atoms. The number of aromatic nitrogens is 3. The van der Waals surface area contributed by atoms with Crippen LogP contribution in [0.2, 0.25) is 0 Å². The lowest BCUT2D eigenvalue weighted by Gasteiger charge is -2.31. The molecule has 0 spiro atoms. The fourth-order valence-electron chi connectivity index (χ4n) is 2.97. The number of hydrogen-bond acceptors (Lipinski definition) is 4. The van der Waals surface area contributed by atoms with E-state index in [1.165, 1.54) is 12.8 Å². The Kier molecular flexibility index (Phi) is 7.40. The maximum Gasteiger partial charge on any atom is 0.191 e. The van der Waals surface area contributed by atoms with Gasteiger partial charge < -0.3 is 15.2 Å². The minimum Gasteiger partial charge on any atom is -0.370 e. The molecule has 1 fully saturated rings. The fourth-order valence-corrected chi connectivity index (χ4v) is 3.49. The van der Waals surface area contributed by atoms with Gasteiger partial charge in [0.25, 0.3) is 0 Å². The lowest BCUT2D eigenvalue weighted by Crippen LogP contribution is -2.42. The van der Waals surface area contributed by atoms with Crippen molar-refractivity contribution >= 4 is 17.7 Å². The average Bonchev–Trinajstić information content (AvgIpc) is 2.93. The van der Waals surface area contributed by atoms with Crippen molar-refractivity contribution in [2.75, 3.05) is 25.9 Å². The Balaban J connectivity index is 1.83. The maximum atomic E-state index is 6.13. The van der Waals surface area contributed by atoms with E-state index >= 15 is 0 Å². The highest BCUT2D eigenvalue weighted by Gasteiger charge is 2.17. The van der Waals surface area contributed by atoms with Crippen molar-refractivity contribution in [3.63, 3.8) is 0 Å². The minimum atomic E-state index is 0.584. The standard InChI is InChI=1S/C17H32N6S/c1-13(2)12-23-15(20-21-17(23)24-4)6-5-9-19-16(18)22-10-7-14(3)8-11-22/h13-14H,5-12H2,1-4H3,(H2,18,19). The Morgan fingerprint density at radius 2 is 2.04 bits per heavy atom. The lowest BCUT2D eigenvalue weighted by molar-refractivity contribution is 0.277. The summed E-state index contributed by atoms with van der Waals surface area (Å²) < 4.78 is 2.24. The number of hydrogen-bond donors (Lipinski definition) is 1. The highest BCUT2D eigenvalue weighted by molar-refractivity contribution is 7.98. The Bertz CT molecular complexity index is 531. The van der Waals surface area contributed by atoms with Crippen LogP contribution in [0.5, 0.6) is 0 Å². The molecule has 0 aromatic carbocycles. The molecule has 1 aliphatic heterocycles. The average molecular weight is 353 g/mol. The van der Waals surface area contributed by atoms with E-state index < -0.39 is 0 Å². The first-order valence-electron chi connectivity index (χ1n) is 9.02. The van der Waals surface area contributed by atoms with Crippen LogP contribution in [0.25, 0.3) is 0 Å². The van der Waals surface area contributed by atoms with Gasteiger partial charge in [0.2, 0.25) is 0 Å². The summed E-state index contributed by atoms with van der Waals surface area (Å²) in [4.78, 5) is 6.78. The summed E-state index contributed by atoms with van der Waals surface area (Å²) in [6, 6.07) is 0. The SMILES string of the molecule is CSc1nnc(CCCN=C(N)N2CCC(C)CC2)n1CC(C)C. The number of rotatable bonds is 7. The second kappa shape index (κ2) is 9.30. The quantitative estimate of drug-likeness (QED) is 0.353. The number of nitrogens with zero attached hydrogens (tertiary/aromatic N) is 5. The molecule has 0 radical (unpaired) electrons. The van der Waals surface area contributed by atoms with E-state index in [1.807, 2.05) is 0 Å². The van der Waals surface area contributed by atoms with Crippen LogP contribution >= 0.6 is 11.8 Å². The molecule has 0 saturated carbocycles. The molecule has 136 valence electrons. The molecule has 6 nitrogen and oxygen atoms in total. The van der Waals surface area contributed by atoms with Crippen molar-refractivity contribution in [1.29, 1.82) is 0 Å². The molecule has 2 N–H and O–H groups in total. The molecule has 24 heavy (non-hydrogen) atoms. The van der Waals surface area contributed by atoms with Crippen molar-refractivity contribution in [1.82, 2.24) is 19.7 Å². The van der Waals surface area contributed by atoms with Crippen molar-refractivity contribution in [2.24, 2.45) is 22.6 Å². The topological polar surface area (TPSA) is 72.3 Å². The third-order valence-corrected chi connectivity index (χ3v) is 5.13. The highest BCUT2D eigenvalue weighted by atomic mass is 32.2. The van der Waals surface area contributed by atoms with Gasteiger partial charge in [0, 0.05) is 32.6 Å². The van der Waals surface area contributed by atoms with Crippen molar-refractivity contribution in [3.8, 4) is 0 Å². The van der Waals surface area contributed by atoms with Gasteiger partial charge in [-0.25, -0.2) is 0 Å². The van der Waals surface area contributed by atoms with E-state index in [0.29, 0.717) is 11.9 Å². The summed E-state index contributed by atoms with van der Waals surface area (Å²) in [6.07, 6.45) is 6.33. The van der Waals surface area contributed by atoms with Crippen molar-refractivity contribution in [2.45, 2.75) is 58.2 Å². The summed E-state index contributed by atoms with van der Waals surface area (Å²) >= 11 is 1.66. The second-order valence-electron chi connectivity index (χ2n) is 7.12. The molecule has 7 heteroatoms. The van der Waals surface area contributed by atoms with E-state index in [4.69, 9.17) is 5.73 Å². The number of nitrogens with two attached hydrogens (primary N) is 1. The number of thioether (sulfide) groups is 1. The smallest absolute Gasteiger partial charge is 0.191 e. The third-order valence-electron chi connectivity index (χ3n) is 4.46. The molecule has 0 amide bonds. The summed E-state index contributed by atoms with van der Waals surface area (Å²) in [7, 11) is 0. The van der Waals surface area contributed by atoms with Gasteiger partial charge in [-0.1, -0.05) is 32.5 Å². The molecule has 1 saturated heterocycles. The number of likely N-dealkylation sites (tertiary alicyclic amines) is 1. The summed E-state index contributed by atoms with van der Waals surface area (Å²) in [5.41, 5.74) is 6.13. The molecule has 0 unspecified atom stereocenters. The van der Waals surface area contributed by atoms with Gasteiger partial charge in [-0.15, -0.1) is 10.2 Å². The highest BCUT2D eigenvalue weighted by Crippen LogP contribution is 2.17. The molecule has 1 aliphatic rings. The molecule has 1 aromatic heterocycles. The fraction of sp³-hybridized carbons (Fsp3) is 0.824. The third kappa shape index (κ3) is 5.40. The Morgan fingerprint density at radius 1 is 1.33 bits per heavy atom. The molecule has 2 heterocycles. The largest absolute Gasteiger partial charge is 0.370 e. The Hall–Kier alpha value is -1.24. The normalized spacial score (nSPS) is 17.0. The molecular weight excluding hydrogens is 320 g/mol. The van der Waals surface area contributed by atoms with Gasteiger partial charge in [0.15, 0.2) is 11.1 Å². The van der Waals surface area contributed by atoms with Crippen LogP contribution in [-0.2, 0) is 13.0 Å². The monoisotopic (exact) mass is 352 g/mol. The van der Waals surface area contributed by atoms with E-state index in [0.717, 1.165) is 55.9 Å². The Morgan fingerprint density at radius 3 is 2.67 bits per heavy atom. The maximum absolute atomic E-state index is 6.13. The summed E-state index contributed by atoms with van der Waals surface area (Å²) in [5, 5.41) is 9.65. The number of aryl methyl sites for hydroxylation is 1. The molecule has 0 aliphatic carbocycles. The zero-order valence-corrected chi connectivity index (χ0v) is 16.3. The first kappa shape index (κ1) is 19.1. The zero-order chi connectivity index (χ0) is 17.5. The van der Waals surface area contributed by atoms with Gasteiger partial charge in [0.1, 0.15) is 5.82 Å². The number of guanidine groups is 1. The predicted octanol–water partition coefficient (Wildman–Crippen LogP) is 2.64. The van der Waals surface area contributed by atoms with Crippen LogP contribution in [0, 0.1) is 11.8 Å². The molecular formula is C17H32N6S. The van der Waals surface area contributed by atoms with Crippen LogP contribution in [0.4, 0.5) is 0 Å². The van der Waals surface area contributed by atoms with Gasteiger partial charge in [-0.3, -0.25) is 4.99 Å². The van der Waals surface area contributed by atoms with Crippen LogP contribution < -0.4 is 5.73 Å². The Labute approximate surface area is 150 Å². The van der Waals surface area contributed by atoms with Crippen LogP contribution in [0.15, 0.2) is 10.1 Å². The van der Waals surface area contributed by atoms with Crippen molar-refractivity contribution < 1.29 is 0 Å². The molecule has 0 atom stereocenters. The van der Waals surface area contributed by atoms with E-state index in [9.17, 15) is 0 Å². The van der Waals surface area contributed by atoms with Gasteiger partial charge >= 0.3 is 0 Å². The van der Waals surface area contributed by atoms with E-state index in [1.54, 1.807) is 11.8 Å². The van der Waals surface area contributed by atoms with Gasteiger partial charge in [-0.05, 0) is 37.4 Å². The van der Waals surface area contributed by atoms with Crippen molar-refractivity contribution in [3.05, 3.63) is 5.82 Å². The predicted molar refractivity (Wildman–Crippen MR) is 101 cm³/mol. The first-order valence-corrected chi connectivity index (χ1v) is 10.2. The minimum absolute atomic E-state index is 0.584. The summed E-state index contributed by atoms with van der Waals surface area (Å²) in [5.74, 6) is 3.16.